The number of hydrogen-bond acceptors (Lipinski definition) is 2. The van der Waals surface area contributed by atoms with Gasteiger partial charge < -0.3 is 10.1 Å². The molecule has 2 nitrogen and oxygen atoms in total. The molecule has 0 amide bonds. The van der Waals surface area contributed by atoms with E-state index in [4.69, 9.17) is 4.74 Å². The van der Waals surface area contributed by atoms with Crippen LogP contribution in [0.25, 0.3) is 0 Å². The van der Waals surface area contributed by atoms with Crippen LogP contribution in [0.2, 0.25) is 0 Å². The first kappa shape index (κ1) is 15.6. The standard InChI is InChI=1S/C19H25NO/c1-13(2)15-6-8-16(9-7-15)19(20-4)17-10-11-18(21-5)14(3)12-17/h6-13,19-20H,1-5H3. The van der Waals surface area contributed by atoms with Crippen LogP contribution < -0.4 is 10.1 Å². The normalized spacial score (nSPS) is 12.5. The molecule has 1 atom stereocenters. The van der Waals surface area contributed by atoms with Crippen LogP contribution in [0.4, 0.5) is 0 Å². The first-order chi connectivity index (χ1) is 10.1. The summed E-state index contributed by atoms with van der Waals surface area (Å²) in [7, 11) is 3.71. The lowest BCUT2D eigenvalue weighted by Crippen LogP contribution is -2.17. The number of benzene rings is 2. The van der Waals surface area contributed by atoms with Gasteiger partial charge in [0.2, 0.25) is 0 Å². The molecule has 21 heavy (non-hydrogen) atoms. The summed E-state index contributed by atoms with van der Waals surface area (Å²) >= 11 is 0. The SMILES string of the molecule is CNC(c1ccc(C(C)C)cc1)c1ccc(OC)c(C)c1. The van der Waals surface area contributed by atoms with Gasteiger partial charge in [0, 0.05) is 0 Å². The Morgan fingerprint density at radius 2 is 1.48 bits per heavy atom. The van der Waals surface area contributed by atoms with Crippen LogP contribution in [0.15, 0.2) is 42.5 Å². The predicted molar refractivity (Wildman–Crippen MR) is 89.2 cm³/mol. The second-order valence-corrected chi connectivity index (χ2v) is 5.77. The fourth-order valence-electron chi connectivity index (χ4n) is 2.68. The molecule has 1 N–H and O–H groups in total. The van der Waals surface area contributed by atoms with Crippen molar-refractivity contribution in [1.82, 2.24) is 5.32 Å². The van der Waals surface area contributed by atoms with Gasteiger partial charge in [-0.1, -0.05) is 50.2 Å². The number of nitrogens with one attached hydrogen (secondary N) is 1. The quantitative estimate of drug-likeness (QED) is 0.876. The molecule has 0 aromatic heterocycles. The molecule has 0 heterocycles. The van der Waals surface area contributed by atoms with Gasteiger partial charge in [-0.05, 0) is 48.2 Å². The third kappa shape index (κ3) is 3.45. The maximum absolute atomic E-state index is 5.34. The Morgan fingerprint density at radius 1 is 0.905 bits per heavy atom. The van der Waals surface area contributed by atoms with Crippen molar-refractivity contribution < 1.29 is 4.74 Å². The van der Waals surface area contributed by atoms with Crippen molar-refractivity contribution in [3.05, 3.63) is 64.7 Å². The minimum absolute atomic E-state index is 0.204. The summed E-state index contributed by atoms with van der Waals surface area (Å²) < 4.78 is 5.34. The molecule has 0 aliphatic carbocycles. The Balaban J connectivity index is 2.32. The summed E-state index contributed by atoms with van der Waals surface area (Å²) in [5, 5.41) is 3.41. The smallest absolute Gasteiger partial charge is 0.121 e. The lowest BCUT2D eigenvalue weighted by molar-refractivity contribution is 0.411. The predicted octanol–water partition coefficient (Wildman–Crippen LogP) is 4.44. The topological polar surface area (TPSA) is 21.3 Å². The molecule has 0 saturated carbocycles. The van der Waals surface area contributed by atoms with Gasteiger partial charge in [0.25, 0.3) is 0 Å². The van der Waals surface area contributed by atoms with Crippen molar-refractivity contribution in [3.8, 4) is 5.75 Å². The molecule has 2 rings (SSSR count). The van der Waals surface area contributed by atoms with Crippen LogP contribution >= 0.6 is 0 Å². The second kappa shape index (κ2) is 6.77. The van der Waals surface area contributed by atoms with E-state index >= 15 is 0 Å². The largest absolute Gasteiger partial charge is 0.496 e. The third-order valence-electron chi connectivity index (χ3n) is 3.98. The van der Waals surface area contributed by atoms with Crippen molar-refractivity contribution in [2.24, 2.45) is 0 Å². The Kier molecular flexibility index (Phi) is 5.03. The average Bonchev–Trinajstić information content (AvgIpc) is 2.49. The van der Waals surface area contributed by atoms with Gasteiger partial charge in [0.15, 0.2) is 0 Å². The van der Waals surface area contributed by atoms with Crippen LogP contribution in [0.5, 0.6) is 5.75 Å². The van der Waals surface area contributed by atoms with Gasteiger partial charge in [-0.15, -0.1) is 0 Å². The number of aryl methyl sites for hydroxylation is 1. The third-order valence-corrected chi connectivity index (χ3v) is 3.98. The Morgan fingerprint density at radius 3 is 1.95 bits per heavy atom. The maximum atomic E-state index is 5.34. The van der Waals surface area contributed by atoms with Gasteiger partial charge in [0.1, 0.15) is 5.75 Å². The van der Waals surface area contributed by atoms with Crippen LogP contribution in [-0.2, 0) is 0 Å². The summed E-state index contributed by atoms with van der Waals surface area (Å²) in [4.78, 5) is 0. The lowest BCUT2D eigenvalue weighted by Gasteiger charge is -2.19. The van der Waals surface area contributed by atoms with Crippen molar-refractivity contribution in [2.75, 3.05) is 14.2 Å². The van der Waals surface area contributed by atoms with Crippen molar-refractivity contribution in [1.29, 1.82) is 0 Å². The molecule has 112 valence electrons. The van der Waals surface area contributed by atoms with Crippen molar-refractivity contribution >= 4 is 0 Å². The van der Waals surface area contributed by atoms with E-state index < -0.39 is 0 Å². The maximum Gasteiger partial charge on any atom is 0.121 e. The van der Waals surface area contributed by atoms with E-state index in [9.17, 15) is 0 Å². The molecular formula is C19H25NO. The zero-order chi connectivity index (χ0) is 15.4. The van der Waals surface area contributed by atoms with Gasteiger partial charge >= 0.3 is 0 Å². The highest BCUT2D eigenvalue weighted by Crippen LogP contribution is 2.27. The molecule has 0 spiro atoms. The lowest BCUT2D eigenvalue weighted by atomic mass is 9.94. The highest BCUT2D eigenvalue weighted by molar-refractivity contribution is 5.41. The molecular weight excluding hydrogens is 258 g/mol. The highest BCUT2D eigenvalue weighted by Gasteiger charge is 2.13. The summed E-state index contributed by atoms with van der Waals surface area (Å²) in [5.74, 6) is 1.50. The first-order valence-electron chi connectivity index (χ1n) is 7.48. The molecule has 2 heteroatoms. The Bertz CT molecular complexity index is 587. The van der Waals surface area contributed by atoms with Gasteiger partial charge in [-0.2, -0.15) is 0 Å². The minimum Gasteiger partial charge on any atom is -0.496 e. The molecule has 0 radical (unpaired) electrons. The first-order valence-corrected chi connectivity index (χ1v) is 7.48. The number of rotatable bonds is 5. The number of ether oxygens (including phenoxy) is 1. The minimum atomic E-state index is 0.204. The van der Waals surface area contributed by atoms with Crippen LogP contribution in [0, 0.1) is 6.92 Å². The van der Waals surface area contributed by atoms with Gasteiger partial charge in [-0.3, -0.25) is 0 Å². The summed E-state index contributed by atoms with van der Waals surface area (Å²) in [6.07, 6.45) is 0. The van der Waals surface area contributed by atoms with Gasteiger partial charge in [0.05, 0.1) is 13.2 Å². The fraction of sp³-hybridized carbons (Fsp3) is 0.368. The number of methoxy groups -OCH3 is 1. The average molecular weight is 283 g/mol. The van der Waals surface area contributed by atoms with Crippen LogP contribution in [-0.4, -0.2) is 14.2 Å². The fourth-order valence-corrected chi connectivity index (χ4v) is 2.68. The molecule has 2 aromatic carbocycles. The van der Waals surface area contributed by atoms with Crippen molar-refractivity contribution in [3.63, 3.8) is 0 Å². The molecule has 1 unspecified atom stereocenters. The van der Waals surface area contributed by atoms with E-state index in [0.29, 0.717) is 5.92 Å². The molecule has 0 saturated heterocycles. The summed E-state index contributed by atoms with van der Waals surface area (Å²) in [6, 6.07) is 15.4. The van der Waals surface area contributed by atoms with E-state index in [1.54, 1.807) is 7.11 Å². The van der Waals surface area contributed by atoms with E-state index in [-0.39, 0.29) is 6.04 Å². The Labute approximate surface area is 128 Å². The van der Waals surface area contributed by atoms with Crippen LogP contribution in [0.3, 0.4) is 0 Å². The van der Waals surface area contributed by atoms with Crippen molar-refractivity contribution in [2.45, 2.75) is 32.7 Å². The second-order valence-electron chi connectivity index (χ2n) is 5.77. The summed E-state index contributed by atoms with van der Waals surface area (Å²) in [5.41, 5.74) is 5.08. The highest BCUT2D eigenvalue weighted by atomic mass is 16.5. The molecule has 0 bridgehead atoms. The Hall–Kier alpha value is -1.80. The molecule has 2 aromatic rings. The van der Waals surface area contributed by atoms with E-state index in [0.717, 1.165) is 11.3 Å². The monoisotopic (exact) mass is 283 g/mol. The van der Waals surface area contributed by atoms with E-state index in [2.05, 4.69) is 62.5 Å². The number of hydrogen-bond donors (Lipinski definition) is 1. The van der Waals surface area contributed by atoms with E-state index in [1.165, 1.54) is 16.7 Å². The van der Waals surface area contributed by atoms with E-state index in [1.807, 2.05) is 13.1 Å². The zero-order valence-electron chi connectivity index (χ0n) is 13.6. The molecule has 0 fully saturated rings. The zero-order valence-corrected chi connectivity index (χ0v) is 13.6. The molecule has 0 aliphatic heterocycles. The van der Waals surface area contributed by atoms with Gasteiger partial charge in [-0.25, -0.2) is 0 Å². The van der Waals surface area contributed by atoms with Crippen LogP contribution in [0.1, 0.15) is 48.1 Å². The summed E-state index contributed by atoms with van der Waals surface area (Å²) in [6.45, 7) is 6.52. The molecule has 0 aliphatic rings.